The molecule has 0 spiro atoms. The van der Waals surface area contributed by atoms with Gasteiger partial charge in [0, 0.05) is 24.4 Å². The number of ether oxygens (including phenoxy) is 2. The Morgan fingerprint density at radius 1 is 0.971 bits per heavy atom. The molecule has 4 heterocycles. The summed E-state index contributed by atoms with van der Waals surface area (Å²) < 4.78 is 13.2. The van der Waals surface area contributed by atoms with Crippen LogP contribution in [0, 0.1) is 5.92 Å². The SMILES string of the molecule is O=C(O[C@H]1C[N+]2(CCOCc3ccccc3)CCC1CC2)N(Cc1ccsc1)c1ccccc1. The van der Waals surface area contributed by atoms with Crippen molar-refractivity contribution in [3.63, 3.8) is 0 Å². The fourth-order valence-corrected chi connectivity index (χ4v) is 5.98. The van der Waals surface area contributed by atoms with Crippen LogP contribution < -0.4 is 4.90 Å². The van der Waals surface area contributed by atoms with E-state index in [1.807, 2.05) is 53.9 Å². The third kappa shape index (κ3) is 5.52. The Hall–Kier alpha value is -2.67. The number of carbonyl (C=O) groups excluding carboxylic acids is 1. The number of anilines is 1. The number of rotatable bonds is 9. The van der Waals surface area contributed by atoms with Gasteiger partial charge in [0.25, 0.3) is 0 Å². The number of piperidine rings is 3. The number of thiophene rings is 1. The first kappa shape index (κ1) is 23.1. The predicted molar refractivity (Wildman–Crippen MR) is 136 cm³/mol. The largest absolute Gasteiger partial charge is 0.440 e. The van der Waals surface area contributed by atoms with E-state index in [4.69, 9.17) is 9.47 Å². The van der Waals surface area contributed by atoms with Crippen molar-refractivity contribution < 1.29 is 18.8 Å². The second-order valence-corrected chi connectivity index (χ2v) is 10.3. The van der Waals surface area contributed by atoms with Crippen LogP contribution in [-0.4, -0.2) is 49.5 Å². The van der Waals surface area contributed by atoms with Crippen LogP contribution in [-0.2, 0) is 22.6 Å². The molecule has 5 nitrogen and oxygen atoms in total. The molecule has 3 aliphatic rings. The molecule has 2 bridgehead atoms. The lowest BCUT2D eigenvalue weighted by Crippen LogP contribution is -2.65. The van der Waals surface area contributed by atoms with E-state index in [1.165, 1.54) is 5.56 Å². The van der Waals surface area contributed by atoms with Gasteiger partial charge in [0.15, 0.2) is 6.10 Å². The first-order valence-electron chi connectivity index (χ1n) is 12.2. The van der Waals surface area contributed by atoms with Crippen molar-refractivity contribution in [1.82, 2.24) is 0 Å². The van der Waals surface area contributed by atoms with E-state index in [0.717, 1.165) is 61.4 Å². The van der Waals surface area contributed by atoms with Gasteiger partial charge in [0.05, 0.1) is 32.8 Å². The topological polar surface area (TPSA) is 38.8 Å². The van der Waals surface area contributed by atoms with Crippen LogP contribution in [0.4, 0.5) is 10.5 Å². The summed E-state index contributed by atoms with van der Waals surface area (Å²) in [6.07, 6.45) is 1.96. The fourth-order valence-electron chi connectivity index (χ4n) is 5.32. The number of hydrogen-bond acceptors (Lipinski definition) is 4. The quantitative estimate of drug-likeness (QED) is 0.292. The van der Waals surface area contributed by atoms with Gasteiger partial charge in [-0.15, -0.1) is 0 Å². The molecule has 0 radical (unpaired) electrons. The van der Waals surface area contributed by atoms with Crippen molar-refractivity contribution in [2.24, 2.45) is 5.92 Å². The van der Waals surface area contributed by atoms with Crippen LogP contribution >= 0.6 is 11.3 Å². The van der Waals surface area contributed by atoms with Crippen molar-refractivity contribution in [1.29, 1.82) is 0 Å². The minimum Gasteiger partial charge on any atom is -0.440 e. The Balaban J connectivity index is 1.20. The van der Waals surface area contributed by atoms with Crippen LogP contribution in [0.1, 0.15) is 24.0 Å². The van der Waals surface area contributed by atoms with Crippen LogP contribution in [0.3, 0.4) is 0 Å². The third-order valence-electron chi connectivity index (χ3n) is 7.32. The Labute approximate surface area is 206 Å². The van der Waals surface area contributed by atoms with Gasteiger partial charge in [-0.05, 0) is 40.1 Å². The molecule has 3 aromatic rings. The Morgan fingerprint density at radius 2 is 1.71 bits per heavy atom. The van der Waals surface area contributed by atoms with Crippen molar-refractivity contribution in [3.8, 4) is 0 Å². The number of nitrogens with zero attached hydrogens (tertiary/aromatic N) is 2. The highest BCUT2D eigenvalue weighted by Crippen LogP contribution is 2.36. The van der Waals surface area contributed by atoms with E-state index < -0.39 is 0 Å². The summed E-state index contributed by atoms with van der Waals surface area (Å²) >= 11 is 1.65. The molecule has 3 aliphatic heterocycles. The maximum Gasteiger partial charge on any atom is 0.415 e. The highest BCUT2D eigenvalue weighted by Gasteiger charge is 2.47. The smallest absolute Gasteiger partial charge is 0.415 e. The first-order valence-corrected chi connectivity index (χ1v) is 13.2. The second-order valence-electron chi connectivity index (χ2n) is 9.55. The lowest BCUT2D eigenvalue weighted by Gasteiger charge is -2.52. The Bertz CT molecular complexity index is 1030. The van der Waals surface area contributed by atoms with Gasteiger partial charge in [0.1, 0.15) is 13.1 Å². The standard InChI is InChI=1S/C28H33N2O3S/c31-28(29(19-24-13-18-34-22-24)26-9-5-2-6-10-26)33-27-20-30(14-11-25(27)12-15-30)16-17-32-21-23-7-3-1-4-8-23/h1-10,13,18,22,25,27H,11-12,14-17,19-21H2/q+1/t25?,27-,30?/m0/s1. The zero-order chi connectivity index (χ0) is 23.2. The Morgan fingerprint density at radius 3 is 2.41 bits per heavy atom. The van der Waals surface area contributed by atoms with Crippen LogP contribution in [0.25, 0.3) is 0 Å². The number of benzene rings is 2. The van der Waals surface area contributed by atoms with E-state index in [0.29, 0.717) is 19.1 Å². The summed E-state index contributed by atoms with van der Waals surface area (Å²) in [6, 6.07) is 22.2. The minimum absolute atomic E-state index is 0.0298. The molecule has 0 N–H and O–H groups in total. The predicted octanol–water partition coefficient (Wildman–Crippen LogP) is 5.72. The molecule has 0 aliphatic carbocycles. The fraction of sp³-hybridized carbons (Fsp3) is 0.393. The van der Waals surface area contributed by atoms with Crippen LogP contribution in [0.15, 0.2) is 77.5 Å². The van der Waals surface area contributed by atoms with Crippen LogP contribution in [0.5, 0.6) is 0 Å². The molecular formula is C28H33N2O3S+. The molecule has 0 saturated carbocycles. The lowest BCUT2D eigenvalue weighted by molar-refractivity contribution is -0.946. The van der Waals surface area contributed by atoms with Crippen molar-refractivity contribution in [2.75, 3.05) is 37.7 Å². The molecule has 178 valence electrons. The van der Waals surface area contributed by atoms with Crippen LogP contribution in [0.2, 0.25) is 0 Å². The second kappa shape index (κ2) is 10.7. The Kier molecular flexibility index (Phi) is 7.28. The molecule has 3 saturated heterocycles. The number of carbonyl (C=O) groups is 1. The zero-order valence-electron chi connectivity index (χ0n) is 19.6. The molecule has 1 aromatic heterocycles. The third-order valence-corrected chi connectivity index (χ3v) is 8.06. The average molecular weight is 478 g/mol. The molecule has 0 unspecified atom stereocenters. The monoisotopic (exact) mass is 477 g/mol. The van der Waals surface area contributed by atoms with E-state index in [-0.39, 0.29) is 12.2 Å². The first-order chi connectivity index (χ1) is 16.7. The van der Waals surface area contributed by atoms with E-state index in [2.05, 4.69) is 23.6 Å². The molecular weight excluding hydrogens is 444 g/mol. The van der Waals surface area contributed by atoms with Crippen molar-refractivity contribution in [3.05, 3.63) is 88.6 Å². The summed E-state index contributed by atoms with van der Waals surface area (Å²) in [6.45, 7) is 6.09. The van der Waals surface area contributed by atoms with Gasteiger partial charge in [-0.1, -0.05) is 48.5 Å². The van der Waals surface area contributed by atoms with Gasteiger partial charge < -0.3 is 14.0 Å². The highest BCUT2D eigenvalue weighted by molar-refractivity contribution is 7.07. The van der Waals surface area contributed by atoms with Gasteiger partial charge in [-0.2, -0.15) is 11.3 Å². The van der Waals surface area contributed by atoms with Gasteiger partial charge in [-0.25, -0.2) is 4.79 Å². The summed E-state index contributed by atoms with van der Waals surface area (Å²) in [7, 11) is 0. The molecule has 2 aromatic carbocycles. The van der Waals surface area contributed by atoms with Crippen molar-refractivity contribution >= 4 is 23.1 Å². The molecule has 1 atom stereocenters. The number of amides is 1. The van der Waals surface area contributed by atoms with E-state index in [9.17, 15) is 4.79 Å². The van der Waals surface area contributed by atoms with Gasteiger partial charge in [0.2, 0.25) is 0 Å². The summed E-state index contributed by atoms with van der Waals surface area (Å²) in [5, 5.41) is 4.14. The number of fused-ring (bicyclic) bond motifs is 3. The molecule has 3 fully saturated rings. The number of hydrogen-bond donors (Lipinski definition) is 0. The number of para-hydroxylation sites is 1. The summed E-state index contributed by atoms with van der Waals surface area (Å²) in [5.41, 5.74) is 3.20. The zero-order valence-corrected chi connectivity index (χ0v) is 20.4. The molecule has 6 heteroatoms. The van der Waals surface area contributed by atoms with Gasteiger partial charge >= 0.3 is 6.09 Å². The average Bonchev–Trinajstić information content (AvgIpc) is 3.40. The van der Waals surface area contributed by atoms with Crippen molar-refractivity contribution in [2.45, 2.75) is 32.1 Å². The molecule has 34 heavy (non-hydrogen) atoms. The minimum atomic E-state index is -0.241. The highest BCUT2D eigenvalue weighted by atomic mass is 32.1. The number of quaternary nitrogens is 1. The van der Waals surface area contributed by atoms with E-state index >= 15 is 0 Å². The normalized spacial score (nSPS) is 23.5. The maximum absolute atomic E-state index is 13.4. The lowest BCUT2D eigenvalue weighted by atomic mass is 9.83. The molecule has 6 rings (SSSR count). The van der Waals surface area contributed by atoms with E-state index in [1.54, 1.807) is 16.2 Å². The maximum atomic E-state index is 13.4. The van der Waals surface area contributed by atoms with Gasteiger partial charge in [-0.3, -0.25) is 4.90 Å². The summed E-state index contributed by atoms with van der Waals surface area (Å²) in [5.74, 6) is 0.466. The summed E-state index contributed by atoms with van der Waals surface area (Å²) in [4.78, 5) is 15.2. The molecule has 1 amide bonds.